The number of halogens is 4. The molecule has 0 saturated carbocycles. The van der Waals surface area contributed by atoms with E-state index in [1.165, 1.54) is 18.2 Å². The van der Waals surface area contributed by atoms with E-state index in [0.717, 1.165) is 18.2 Å². The minimum Gasteiger partial charge on any atom is -0.277 e. The second kappa shape index (κ2) is 5.67. The summed E-state index contributed by atoms with van der Waals surface area (Å²) in [5, 5.41) is -0.0383. The van der Waals surface area contributed by atoms with Crippen molar-refractivity contribution < 1.29 is 17.2 Å². The second-order valence-corrected chi connectivity index (χ2v) is 6.78. The zero-order valence-corrected chi connectivity index (χ0v) is 12.9. The van der Waals surface area contributed by atoms with E-state index in [2.05, 4.69) is 15.9 Å². The Kier molecular flexibility index (Phi) is 4.31. The first-order valence-electron chi connectivity index (χ1n) is 5.22. The summed E-state index contributed by atoms with van der Waals surface area (Å²) in [5.74, 6) is -1.64. The highest BCUT2D eigenvalue weighted by molar-refractivity contribution is 9.10. The Hall–Kier alpha value is -1.18. The lowest BCUT2D eigenvalue weighted by atomic mass is 10.3. The zero-order valence-electron chi connectivity index (χ0n) is 9.70. The van der Waals surface area contributed by atoms with Crippen LogP contribution in [0.3, 0.4) is 0 Å². The lowest BCUT2D eigenvalue weighted by molar-refractivity contribution is 0.594. The molecule has 20 heavy (non-hydrogen) atoms. The van der Waals surface area contributed by atoms with E-state index in [9.17, 15) is 17.2 Å². The predicted molar refractivity (Wildman–Crippen MR) is 76.3 cm³/mol. The molecule has 0 heterocycles. The van der Waals surface area contributed by atoms with Gasteiger partial charge in [-0.15, -0.1) is 0 Å². The van der Waals surface area contributed by atoms with Crippen molar-refractivity contribution in [2.24, 2.45) is 0 Å². The van der Waals surface area contributed by atoms with Crippen molar-refractivity contribution in [3.05, 3.63) is 57.5 Å². The molecule has 0 bridgehead atoms. The third-order valence-corrected chi connectivity index (χ3v) is 4.70. The third kappa shape index (κ3) is 3.28. The van der Waals surface area contributed by atoms with E-state index in [4.69, 9.17) is 11.6 Å². The average Bonchev–Trinajstić information content (AvgIpc) is 2.33. The molecule has 2 rings (SSSR count). The maximum atomic E-state index is 13.4. The molecule has 0 radical (unpaired) electrons. The number of hydrogen-bond donors (Lipinski definition) is 1. The maximum Gasteiger partial charge on any atom is 0.263 e. The maximum absolute atomic E-state index is 13.4. The summed E-state index contributed by atoms with van der Waals surface area (Å²) in [5.41, 5.74) is -0.482. The highest BCUT2D eigenvalue weighted by Crippen LogP contribution is 2.27. The van der Waals surface area contributed by atoms with Crippen molar-refractivity contribution in [2.75, 3.05) is 4.72 Å². The first-order chi connectivity index (χ1) is 9.29. The minimum atomic E-state index is -4.11. The van der Waals surface area contributed by atoms with Crippen LogP contribution in [0.25, 0.3) is 0 Å². The topological polar surface area (TPSA) is 46.2 Å². The molecule has 2 aromatic rings. The van der Waals surface area contributed by atoms with Gasteiger partial charge in [-0.3, -0.25) is 4.72 Å². The van der Waals surface area contributed by atoms with Crippen LogP contribution in [0.5, 0.6) is 0 Å². The van der Waals surface area contributed by atoms with Crippen LogP contribution in [0.1, 0.15) is 0 Å². The van der Waals surface area contributed by atoms with E-state index in [1.807, 2.05) is 4.72 Å². The number of nitrogens with one attached hydrogen (secondary N) is 1. The molecule has 0 spiro atoms. The first kappa shape index (κ1) is 15.2. The number of anilines is 1. The fourth-order valence-corrected chi connectivity index (χ4v) is 3.57. The molecule has 2 aromatic carbocycles. The quantitative estimate of drug-likeness (QED) is 0.865. The van der Waals surface area contributed by atoms with Gasteiger partial charge in [0, 0.05) is 10.5 Å². The Morgan fingerprint density at radius 3 is 2.45 bits per heavy atom. The molecule has 106 valence electrons. The third-order valence-electron chi connectivity index (χ3n) is 2.36. The molecule has 8 heteroatoms. The van der Waals surface area contributed by atoms with E-state index >= 15 is 0 Å². The standard InChI is InChI=1S/C12H7BrClF2NO2S/c13-7-1-4-12(9(14)5-7)20(18,19)17-11-6-8(15)2-3-10(11)16/h1-6,17H. The normalized spacial score (nSPS) is 11.4. The number of benzene rings is 2. The van der Waals surface area contributed by atoms with Crippen LogP contribution in [0.2, 0.25) is 5.02 Å². The Morgan fingerprint density at radius 2 is 1.80 bits per heavy atom. The molecule has 0 fully saturated rings. The minimum absolute atomic E-state index is 0.0383. The molecule has 0 amide bonds. The molecule has 0 atom stereocenters. The predicted octanol–water partition coefficient (Wildman–Crippen LogP) is 4.18. The van der Waals surface area contributed by atoms with Gasteiger partial charge in [0.2, 0.25) is 0 Å². The van der Waals surface area contributed by atoms with Gasteiger partial charge in [0.1, 0.15) is 16.5 Å². The van der Waals surface area contributed by atoms with Crippen molar-refractivity contribution >= 4 is 43.2 Å². The molecule has 0 aliphatic heterocycles. The Labute approximate surface area is 127 Å². The summed E-state index contributed by atoms with van der Waals surface area (Å²) in [6, 6.07) is 6.59. The van der Waals surface area contributed by atoms with Gasteiger partial charge < -0.3 is 0 Å². The Morgan fingerprint density at radius 1 is 1.10 bits per heavy atom. The largest absolute Gasteiger partial charge is 0.277 e. The van der Waals surface area contributed by atoms with Crippen molar-refractivity contribution in [3.8, 4) is 0 Å². The summed E-state index contributed by atoms with van der Waals surface area (Å²) in [6.07, 6.45) is 0. The number of sulfonamides is 1. The summed E-state index contributed by atoms with van der Waals surface area (Å²) in [4.78, 5) is -0.231. The fraction of sp³-hybridized carbons (Fsp3) is 0. The molecular formula is C12H7BrClF2NO2S. The Balaban J connectivity index is 2.43. The summed E-state index contributed by atoms with van der Waals surface area (Å²) < 4.78 is 53.2. The first-order valence-corrected chi connectivity index (χ1v) is 7.88. The summed E-state index contributed by atoms with van der Waals surface area (Å²) in [7, 11) is -4.11. The van der Waals surface area contributed by atoms with Crippen molar-refractivity contribution in [1.82, 2.24) is 0 Å². The van der Waals surface area contributed by atoms with Crippen LogP contribution < -0.4 is 4.72 Å². The summed E-state index contributed by atoms with van der Waals surface area (Å²) >= 11 is 8.98. The molecular weight excluding hydrogens is 376 g/mol. The van der Waals surface area contributed by atoms with Crippen LogP contribution in [-0.2, 0) is 10.0 Å². The van der Waals surface area contributed by atoms with Gasteiger partial charge >= 0.3 is 0 Å². The van der Waals surface area contributed by atoms with Crippen LogP contribution in [0.15, 0.2) is 45.8 Å². The molecule has 1 N–H and O–H groups in total. The van der Waals surface area contributed by atoms with Gasteiger partial charge in [-0.2, -0.15) is 0 Å². The van der Waals surface area contributed by atoms with Gasteiger partial charge in [-0.25, -0.2) is 17.2 Å². The van der Waals surface area contributed by atoms with Crippen molar-refractivity contribution in [3.63, 3.8) is 0 Å². The van der Waals surface area contributed by atoms with E-state index in [-0.39, 0.29) is 9.92 Å². The lowest BCUT2D eigenvalue weighted by Gasteiger charge is -2.10. The van der Waals surface area contributed by atoms with Crippen molar-refractivity contribution in [1.29, 1.82) is 0 Å². The van der Waals surface area contributed by atoms with E-state index < -0.39 is 27.3 Å². The van der Waals surface area contributed by atoms with Gasteiger partial charge in [0.15, 0.2) is 0 Å². The monoisotopic (exact) mass is 381 g/mol. The smallest absolute Gasteiger partial charge is 0.263 e. The highest BCUT2D eigenvalue weighted by atomic mass is 79.9. The number of hydrogen-bond acceptors (Lipinski definition) is 2. The average molecular weight is 383 g/mol. The van der Waals surface area contributed by atoms with Crippen LogP contribution in [0.4, 0.5) is 14.5 Å². The van der Waals surface area contributed by atoms with Gasteiger partial charge in [-0.1, -0.05) is 27.5 Å². The molecule has 0 saturated heterocycles. The lowest BCUT2D eigenvalue weighted by Crippen LogP contribution is -2.14. The SMILES string of the molecule is O=S(=O)(Nc1cc(F)ccc1F)c1ccc(Br)cc1Cl. The number of rotatable bonds is 3. The van der Waals surface area contributed by atoms with Crippen LogP contribution in [0, 0.1) is 11.6 Å². The van der Waals surface area contributed by atoms with Gasteiger partial charge in [-0.05, 0) is 30.3 Å². The van der Waals surface area contributed by atoms with E-state index in [1.54, 1.807) is 0 Å². The van der Waals surface area contributed by atoms with Crippen LogP contribution >= 0.6 is 27.5 Å². The Bertz CT molecular complexity index is 768. The molecule has 0 unspecified atom stereocenters. The zero-order chi connectivity index (χ0) is 14.9. The molecule has 3 nitrogen and oxygen atoms in total. The highest BCUT2D eigenvalue weighted by Gasteiger charge is 2.20. The van der Waals surface area contributed by atoms with Gasteiger partial charge in [0.05, 0.1) is 10.7 Å². The summed E-state index contributed by atoms with van der Waals surface area (Å²) in [6.45, 7) is 0. The second-order valence-electron chi connectivity index (χ2n) is 3.80. The van der Waals surface area contributed by atoms with Gasteiger partial charge in [0.25, 0.3) is 10.0 Å². The molecule has 0 aromatic heterocycles. The molecule has 0 aliphatic rings. The molecule has 0 aliphatic carbocycles. The fourth-order valence-electron chi connectivity index (χ4n) is 1.47. The van der Waals surface area contributed by atoms with E-state index in [0.29, 0.717) is 4.47 Å². The van der Waals surface area contributed by atoms with Crippen molar-refractivity contribution in [2.45, 2.75) is 4.90 Å². The van der Waals surface area contributed by atoms with Crippen LogP contribution in [-0.4, -0.2) is 8.42 Å².